The van der Waals surface area contributed by atoms with E-state index in [1.54, 1.807) is 24.3 Å². The van der Waals surface area contributed by atoms with E-state index in [-0.39, 0.29) is 17.2 Å². The number of thioether (sulfide) groups is 1. The third-order valence-electron chi connectivity index (χ3n) is 3.41. The molecule has 7 heteroatoms. The Morgan fingerprint density at radius 2 is 2.04 bits per heavy atom. The smallest absolute Gasteiger partial charge is 0.280 e. The third-order valence-corrected chi connectivity index (χ3v) is 4.36. The second-order valence-corrected chi connectivity index (χ2v) is 6.24. The summed E-state index contributed by atoms with van der Waals surface area (Å²) in [5, 5.41) is 3.56. The lowest BCUT2D eigenvalue weighted by Crippen LogP contribution is -2.30. The number of anilines is 1. The van der Waals surface area contributed by atoms with Crippen molar-refractivity contribution in [2.24, 2.45) is 0 Å². The van der Waals surface area contributed by atoms with Crippen LogP contribution in [0.2, 0.25) is 0 Å². The lowest BCUT2D eigenvalue weighted by molar-refractivity contribution is -0.113. The van der Waals surface area contributed by atoms with Crippen molar-refractivity contribution in [1.29, 1.82) is 0 Å². The summed E-state index contributed by atoms with van der Waals surface area (Å²) in [7, 11) is 0. The number of amides is 1. The van der Waals surface area contributed by atoms with Crippen molar-refractivity contribution in [3.05, 3.63) is 64.4 Å². The standard InChI is InChI=1S/C17H16N4O2S/c1-11-5-4-6-12(9-11)19-15(22)10-24-17-20-14-8-3-2-7-13(14)16(23)21(17)18/h2-9H,10,18H2,1H3,(H,19,22). The molecule has 0 saturated heterocycles. The van der Waals surface area contributed by atoms with E-state index in [1.165, 1.54) is 0 Å². The number of nitrogens with two attached hydrogens (primary N) is 1. The summed E-state index contributed by atoms with van der Waals surface area (Å²) in [6.45, 7) is 1.95. The molecule has 0 radical (unpaired) electrons. The van der Waals surface area contributed by atoms with Gasteiger partial charge in [0, 0.05) is 5.69 Å². The summed E-state index contributed by atoms with van der Waals surface area (Å²) >= 11 is 1.12. The van der Waals surface area contributed by atoms with E-state index in [1.807, 2.05) is 31.2 Å². The van der Waals surface area contributed by atoms with Crippen molar-refractivity contribution in [2.75, 3.05) is 16.9 Å². The first-order valence-electron chi connectivity index (χ1n) is 7.31. The van der Waals surface area contributed by atoms with Crippen molar-refractivity contribution in [3.63, 3.8) is 0 Å². The van der Waals surface area contributed by atoms with E-state index < -0.39 is 0 Å². The number of fused-ring (bicyclic) bond motifs is 1. The average molecular weight is 340 g/mol. The van der Waals surface area contributed by atoms with Crippen LogP contribution >= 0.6 is 11.8 Å². The summed E-state index contributed by atoms with van der Waals surface area (Å²) in [6, 6.07) is 14.5. The SMILES string of the molecule is Cc1cccc(NC(=O)CSc2nc3ccccc3c(=O)n2N)c1. The molecule has 0 bridgehead atoms. The van der Waals surface area contributed by atoms with Gasteiger partial charge in [0.05, 0.1) is 16.7 Å². The zero-order valence-corrected chi connectivity index (χ0v) is 13.8. The van der Waals surface area contributed by atoms with Gasteiger partial charge in [-0.15, -0.1) is 0 Å². The van der Waals surface area contributed by atoms with Crippen molar-refractivity contribution < 1.29 is 4.79 Å². The number of nitrogens with one attached hydrogen (secondary N) is 1. The first kappa shape index (κ1) is 16.1. The first-order valence-corrected chi connectivity index (χ1v) is 8.29. The highest BCUT2D eigenvalue weighted by Crippen LogP contribution is 2.17. The summed E-state index contributed by atoms with van der Waals surface area (Å²) in [6.07, 6.45) is 0. The zero-order chi connectivity index (χ0) is 17.1. The van der Waals surface area contributed by atoms with Crippen molar-refractivity contribution in [3.8, 4) is 0 Å². The Kier molecular flexibility index (Phi) is 4.52. The van der Waals surface area contributed by atoms with E-state index in [0.717, 1.165) is 27.7 Å². The number of benzene rings is 2. The number of carbonyl (C=O) groups excluding carboxylic acids is 1. The fraction of sp³-hybridized carbons (Fsp3) is 0.118. The summed E-state index contributed by atoms with van der Waals surface area (Å²) in [5.41, 5.74) is 2.03. The van der Waals surface area contributed by atoms with Gasteiger partial charge in [0.25, 0.3) is 5.56 Å². The van der Waals surface area contributed by atoms with E-state index >= 15 is 0 Å². The molecule has 0 saturated carbocycles. The van der Waals surface area contributed by atoms with Crippen LogP contribution in [-0.2, 0) is 4.79 Å². The maximum absolute atomic E-state index is 12.2. The van der Waals surface area contributed by atoms with Gasteiger partial charge in [-0.2, -0.15) is 0 Å². The highest BCUT2D eigenvalue weighted by atomic mass is 32.2. The molecule has 1 heterocycles. The Labute approximate surface area is 142 Å². The number of nitrogen functional groups attached to an aromatic ring is 1. The lowest BCUT2D eigenvalue weighted by atomic mass is 10.2. The van der Waals surface area contributed by atoms with Gasteiger partial charge in [-0.1, -0.05) is 36.0 Å². The molecule has 1 amide bonds. The fourth-order valence-corrected chi connectivity index (χ4v) is 2.99. The minimum Gasteiger partial charge on any atom is -0.334 e. The van der Waals surface area contributed by atoms with Crippen molar-refractivity contribution in [2.45, 2.75) is 12.1 Å². The molecular weight excluding hydrogens is 324 g/mol. The van der Waals surface area contributed by atoms with Gasteiger partial charge in [-0.25, -0.2) is 9.66 Å². The highest BCUT2D eigenvalue weighted by Gasteiger charge is 2.11. The average Bonchev–Trinajstić information content (AvgIpc) is 2.57. The van der Waals surface area contributed by atoms with Crippen LogP contribution in [0.4, 0.5) is 5.69 Å². The van der Waals surface area contributed by atoms with Crippen LogP contribution in [0, 0.1) is 6.92 Å². The lowest BCUT2D eigenvalue weighted by Gasteiger charge is -2.09. The number of aromatic nitrogens is 2. The molecule has 0 atom stereocenters. The molecule has 0 aliphatic heterocycles. The molecule has 122 valence electrons. The normalized spacial score (nSPS) is 10.7. The number of para-hydroxylation sites is 1. The van der Waals surface area contributed by atoms with Gasteiger partial charge in [-0.05, 0) is 36.8 Å². The van der Waals surface area contributed by atoms with E-state index in [9.17, 15) is 9.59 Å². The van der Waals surface area contributed by atoms with Gasteiger partial charge in [0.15, 0.2) is 5.16 Å². The molecule has 0 aliphatic rings. The summed E-state index contributed by atoms with van der Waals surface area (Å²) in [4.78, 5) is 28.6. The Morgan fingerprint density at radius 3 is 2.83 bits per heavy atom. The number of carbonyl (C=O) groups is 1. The van der Waals surface area contributed by atoms with E-state index in [0.29, 0.717) is 16.1 Å². The molecule has 6 nitrogen and oxygen atoms in total. The fourth-order valence-electron chi connectivity index (χ4n) is 2.28. The third kappa shape index (κ3) is 3.41. The summed E-state index contributed by atoms with van der Waals surface area (Å²) < 4.78 is 0.979. The van der Waals surface area contributed by atoms with Crippen LogP contribution < -0.4 is 16.7 Å². The topological polar surface area (TPSA) is 90.0 Å². The number of hydrogen-bond donors (Lipinski definition) is 2. The number of aryl methyl sites for hydroxylation is 1. The van der Waals surface area contributed by atoms with E-state index in [4.69, 9.17) is 5.84 Å². The highest BCUT2D eigenvalue weighted by molar-refractivity contribution is 7.99. The Hall–Kier alpha value is -2.80. The second kappa shape index (κ2) is 6.76. The molecule has 0 fully saturated rings. The van der Waals surface area contributed by atoms with Crippen molar-refractivity contribution >= 4 is 34.3 Å². The molecule has 3 aromatic rings. The molecule has 24 heavy (non-hydrogen) atoms. The molecule has 3 rings (SSSR count). The Morgan fingerprint density at radius 1 is 1.25 bits per heavy atom. The van der Waals surface area contributed by atoms with Crippen molar-refractivity contribution in [1.82, 2.24) is 9.66 Å². The molecule has 0 unspecified atom stereocenters. The monoisotopic (exact) mass is 340 g/mol. The predicted molar refractivity (Wildman–Crippen MR) is 96.7 cm³/mol. The summed E-state index contributed by atoms with van der Waals surface area (Å²) in [5.74, 6) is 5.72. The van der Waals surface area contributed by atoms with Crippen LogP contribution in [0.25, 0.3) is 10.9 Å². The molecule has 2 aromatic carbocycles. The predicted octanol–water partition coefficient (Wildman–Crippen LogP) is 2.15. The number of rotatable bonds is 4. The van der Waals surface area contributed by atoms with Gasteiger partial charge in [-0.3, -0.25) is 9.59 Å². The molecule has 1 aromatic heterocycles. The van der Waals surface area contributed by atoms with Gasteiger partial charge in [0.1, 0.15) is 0 Å². The van der Waals surface area contributed by atoms with Crippen LogP contribution in [0.1, 0.15) is 5.56 Å². The van der Waals surface area contributed by atoms with E-state index in [2.05, 4.69) is 10.3 Å². The zero-order valence-electron chi connectivity index (χ0n) is 13.0. The Bertz CT molecular complexity index is 968. The van der Waals surface area contributed by atoms with Crippen LogP contribution in [0.3, 0.4) is 0 Å². The number of nitrogens with zero attached hydrogens (tertiary/aromatic N) is 2. The molecule has 0 spiro atoms. The quantitative estimate of drug-likeness (QED) is 0.431. The minimum atomic E-state index is -0.331. The molecular formula is C17H16N4O2S. The Balaban J connectivity index is 1.75. The van der Waals surface area contributed by atoms with Crippen LogP contribution in [-0.4, -0.2) is 21.3 Å². The minimum absolute atomic E-state index is 0.107. The van der Waals surface area contributed by atoms with Gasteiger partial charge < -0.3 is 11.2 Å². The molecule has 0 aliphatic carbocycles. The maximum Gasteiger partial charge on any atom is 0.280 e. The van der Waals surface area contributed by atoms with Gasteiger partial charge in [0.2, 0.25) is 5.91 Å². The van der Waals surface area contributed by atoms with Crippen LogP contribution in [0.5, 0.6) is 0 Å². The maximum atomic E-state index is 12.2. The van der Waals surface area contributed by atoms with Crippen LogP contribution in [0.15, 0.2) is 58.5 Å². The first-order chi connectivity index (χ1) is 11.5. The number of hydrogen-bond acceptors (Lipinski definition) is 5. The largest absolute Gasteiger partial charge is 0.334 e. The second-order valence-electron chi connectivity index (χ2n) is 5.29. The van der Waals surface area contributed by atoms with Gasteiger partial charge >= 0.3 is 0 Å². The molecule has 3 N–H and O–H groups in total.